The standard InChI is InChI=1S/C9H8ClNO3/c10-6-4-5-2-1-3-7(12)11(5)8(6)9(13)14/h4H,1-3H2,(H,13,14). The van der Waals surface area contributed by atoms with Crippen LogP contribution in [0, 0.1) is 0 Å². The predicted molar refractivity (Wildman–Crippen MR) is 50.0 cm³/mol. The van der Waals surface area contributed by atoms with Gasteiger partial charge < -0.3 is 5.11 Å². The molecule has 1 aromatic heterocycles. The van der Waals surface area contributed by atoms with Crippen molar-refractivity contribution >= 4 is 23.5 Å². The van der Waals surface area contributed by atoms with Crippen molar-refractivity contribution in [1.29, 1.82) is 0 Å². The third-order valence-corrected chi connectivity index (χ3v) is 2.59. The fourth-order valence-corrected chi connectivity index (χ4v) is 2.02. The summed E-state index contributed by atoms with van der Waals surface area (Å²) < 4.78 is 1.22. The van der Waals surface area contributed by atoms with E-state index in [1.54, 1.807) is 6.07 Å². The lowest BCUT2D eigenvalue weighted by Crippen LogP contribution is -2.23. The number of carboxylic acids is 1. The van der Waals surface area contributed by atoms with E-state index in [0.717, 1.165) is 6.42 Å². The SMILES string of the molecule is O=C(O)c1c(Cl)cc2n1C(=O)CCC2. The summed E-state index contributed by atoms with van der Waals surface area (Å²) in [6.07, 6.45) is 1.86. The van der Waals surface area contributed by atoms with Crippen LogP contribution in [0.4, 0.5) is 0 Å². The fraction of sp³-hybridized carbons (Fsp3) is 0.333. The van der Waals surface area contributed by atoms with E-state index < -0.39 is 5.97 Å². The lowest BCUT2D eigenvalue weighted by atomic mass is 10.1. The molecule has 0 aromatic carbocycles. The molecule has 1 aliphatic heterocycles. The van der Waals surface area contributed by atoms with Crippen LogP contribution in [0.5, 0.6) is 0 Å². The van der Waals surface area contributed by atoms with E-state index in [1.807, 2.05) is 0 Å². The van der Waals surface area contributed by atoms with Gasteiger partial charge in [-0.2, -0.15) is 0 Å². The molecule has 0 saturated carbocycles. The summed E-state index contributed by atoms with van der Waals surface area (Å²) in [5, 5.41) is 9.01. The highest BCUT2D eigenvalue weighted by atomic mass is 35.5. The Bertz CT molecular complexity index is 422. The van der Waals surface area contributed by atoms with Crippen molar-refractivity contribution in [3.8, 4) is 0 Å². The molecule has 74 valence electrons. The summed E-state index contributed by atoms with van der Waals surface area (Å²) in [5.41, 5.74) is 0.593. The highest BCUT2D eigenvalue weighted by Gasteiger charge is 2.26. The Morgan fingerprint density at radius 1 is 1.50 bits per heavy atom. The zero-order chi connectivity index (χ0) is 10.3. The number of aromatic nitrogens is 1. The van der Waals surface area contributed by atoms with Crippen LogP contribution in [0.2, 0.25) is 5.02 Å². The van der Waals surface area contributed by atoms with Crippen LogP contribution in [0.3, 0.4) is 0 Å². The summed E-state index contributed by atoms with van der Waals surface area (Å²) in [7, 11) is 0. The van der Waals surface area contributed by atoms with Gasteiger partial charge in [0.15, 0.2) is 5.69 Å². The highest BCUT2D eigenvalue weighted by Crippen LogP contribution is 2.26. The van der Waals surface area contributed by atoms with Gasteiger partial charge in [0.05, 0.1) is 5.02 Å². The lowest BCUT2D eigenvalue weighted by Gasteiger charge is -2.14. The number of aryl methyl sites for hydroxylation is 1. The molecule has 1 aromatic rings. The number of halogens is 1. The van der Waals surface area contributed by atoms with Gasteiger partial charge in [0, 0.05) is 12.1 Å². The number of nitrogens with zero attached hydrogens (tertiary/aromatic N) is 1. The van der Waals surface area contributed by atoms with Crippen molar-refractivity contribution in [2.24, 2.45) is 0 Å². The van der Waals surface area contributed by atoms with Crippen LogP contribution < -0.4 is 0 Å². The monoisotopic (exact) mass is 213 g/mol. The molecule has 0 unspecified atom stereocenters. The van der Waals surface area contributed by atoms with E-state index in [-0.39, 0.29) is 16.6 Å². The van der Waals surface area contributed by atoms with Gasteiger partial charge in [-0.05, 0) is 18.9 Å². The molecule has 14 heavy (non-hydrogen) atoms. The molecule has 0 aliphatic carbocycles. The Balaban J connectivity index is 2.65. The average molecular weight is 214 g/mol. The van der Waals surface area contributed by atoms with Crippen LogP contribution >= 0.6 is 11.6 Å². The third kappa shape index (κ3) is 1.23. The Labute approximate surface area is 85.1 Å². The number of carboxylic acid groups (broad SMARTS) is 1. The third-order valence-electron chi connectivity index (χ3n) is 2.31. The zero-order valence-corrected chi connectivity index (χ0v) is 8.04. The normalized spacial score (nSPS) is 15.4. The topological polar surface area (TPSA) is 59.3 Å². The number of aromatic carboxylic acids is 1. The molecule has 0 spiro atoms. The van der Waals surface area contributed by atoms with Crippen LogP contribution in [-0.2, 0) is 6.42 Å². The number of carbonyl (C=O) groups is 2. The molecule has 2 heterocycles. The van der Waals surface area contributed by atoms with Gasteiger partial charge in [0.2, 0.25) is 5.91 Å². The molecule has 0 fully saturated rings. The van der Waals surface area contributed by atoms with Gasteiger partial charge >= 0.3 is 5.97 Å². The zero-order valence-electron chi connectivity index (χ0n) is 7.29. The minimum absolute atomic E-state index is 0.105. The first-order chi connectivity index (χ1) is 6.61. The van der Waals surface area contributed by atoms with Crippen molar-refractivity contribution in [2.45, 2.75) is 19.3 Å². The van der Waals surface area contributed by atoms with E-state index >= 15 is 0 Å². The van der Waals surface area contributed by atoms with Crippen LogP contribution in [0.1, 0.15) is 33.8 Å². The molecular formula is C9H8ClNO3. The fourth-order valence-electron chi connectivity index (χ4n) is 1.73. The van der Waals surface area contributed by atoms with Crippen LogP contribution in [0.15, 0.2) is 6.07 Å². The molecule has 0 bridgehead atoms. The molecule has 5 heteroatoms. The molecule has 0 saturated heterocycles. The van der Waals surface area contributed by atoms with Gasteiger partial charge in [-0.3, -0.25) is 9.36 Å². The number of hydrogen-bond donors (Lipinski definition) is 1. The number of carbonyl (C=O) groups excluding carboxylic acids is 1. The summed E-state index contributed by atoms with van der Waals surface area (Å²) in [6.45, 7) is 0. The lowest BCUT2D eigenvalue weighted by molar-refractivity contribution is 0.0669. The molecule has 4 nitrogen and oxygen atoms in total. The average Bonchev–Trinajstić information content (AvgIpc) is 2.42. The first kappa shape index (κ1) is 9.27. The summed E-state index contributed by atoms with van der Waals surface area (Å²) in [6, 6.07) is 1.56. The molecule has 1 N–H and O–H groups in total. The highest BCUT2D eigenvalue weighted by molar-refractivity contribution is 6.33. The van der Waals surface area contributed by atoms with E-state index in [0.29, 0.717) is 18.5 Å². The maximum absolute atomic E-state index is 11.5. The van der Waals surface area contributed by atoms with Crippen molar-refractivity contribution < 1.29 is 14.7 Å². The molecule has 2 rings (SSSR count). The van der Waals surface area contributed by atoms with Gasteiger partial charge in [0.1, 0.15) is 0 Å². The summed E-state index contributed by atoms with van der Waals surface area (Å²) in [5.74, 6) is -1.34. The second-order valence-corrected chi connectivity index (χ2v) is 3.63. The van der Waals surface area contributed by atoms with E-state index in [1.165, 1.54) is 4.57 Å². The van der Waals surface area contributed by atoms with Gasteiger partial charge in [-0.1, -0.05) is 11.6 Å². The Morgan fingerprint density at radius 2 is 2.21 bits per heavy atom. The molecular weight excluding hydrogens is 206 g/mol. The first-order valence-electron chi connectivity index (χ1n) is 4.28. The quantitative estimate of drug-likeness (QED) is 0.774. The summed E-state index contributed by atoms with van der Waals surface area (Å²) >= 11 is 5.74. The van der Waals surface area contributed by atoms with Gasteiger partial charge in [-0.15, -0.1) is 0 Å². The van der Waals surface area contributed by atoms with Crippen LogP contribution in [0.25, 0.3) is 0 Å². The van der Waals surface area contributed by atoms with Gasteiger partial charge in [0.25, 0.3) is 0 Å². The smallest absolute Gasteiger partial charge is 0.354 e. The molecule has 0 radical (unpaired) electrons. The van der Waals surface area contributed by atoms with Crippen molar-refractivity contribution in [1.82, 2.24) is 4.57 Å². The Kier molecular flexibility index (Phi) is 2.07. The van der Waals surface area contributed by atoms with E-state index in [9.17, 15) is 9.59 Å². The minimum atomic E-state index is -1.16. The number of hydrogen-bond acceptors (Lipinski definition) is 2. The van der Waals surface area contributed by atoms with E-state index in [2.05, 4.69) is 0 Å². The molecule has 1 aliphatic rings. The largest absolute Gasteiger partial charge is 0.477 e. The van der Waals surface area contributed by atoms with Crippen molar-refractivity contribution in [3.63, 3.8) is 0 Å². The van der Waals surface area contributed by atoms with Crippen molar-refractivity contribution in [2.75, 3.05) is 0 Å². The maximum Gasteiger partial charge on any atom is 0.354 e. The van der Waals surface area contributed by atoms with Crippen molar-refractivity contribution in [3.05, 3.63) is 22.5 Å². The molecule has 0 atom stereocenters. The second-order valence-electron chi connectivity index (χ2n) is 3.22. The van der Waals surface area contributed by atoms with Crippen LogP contribution in [-0.4, -0.2) is 21.6 Å². The maximum atomic E-state index is 11.5. The Morgan fingerprint density at radius 3 is 2.86 bits per heavy atom. The predicted octanol–water partition coefficient (Wildman–Crippen LogP) is 1.82. The number of rotatable bonds is 1. The van der Waals surface area contributed by atoms with Gasteiger partial charge in [-0.25, -0.2) is 4.79 Å². The second kappa shape index (κ2) is 3.13. The Hall–Kier alpha value is -1.29. The van der Waals surface area contributed by atoms with E-state index in [4.69, 9.17) is 16.7 Å². The molecule has 0 amide bonds. The summed E-state index contributed by atoms with van der Waals surface area (Å²) in [4.78, 5) is 22.3. The number of fused-ring (bicyclic) bond motifs is 1. The first-order valence-corrected chi connectivity index (χ1v) is 4.65. The minimum Gasteiger partial charge on any atom is -0.477 e.